The summed E-state index contributed by atoms with van der Waals surface area (Å²) in [5, 5.41) is 6.34. The van der Waals surface area contributed by atoms with Gasteiger partial charge in [-0.2, -0.15) is 18.3 Å². The van der Waals surface area contributed by atoms with Crippen molar-refractivity contribution in [2.45, 2.75) is 46.3 Å². The van der Waals surface area contributed by atoms with Gasteiger partial charge in [-0.05, 0) is 48.9 Å². The molecule has 0 radical (unpaired) electrons. The molecule has 24 heavy (non-hydrogen) atoms. The van der Waals surface area contributed by atoms with E-state index >= 15 is 0 Å². The number of aryl methyl sites for hydroxylation is 1. The maximum absolute atomic E-state index is 12.8. The number of aromatic nitrogens is 2. The van der Waals surface area contributed by atoms with Gasteiger partial charge < -0.3 is 10.2 Å². The van der Waals surface area contributed by atoms with Gasteiger partial charge in [-0.25, -0.2) is 0 Å². The third kappa shape index (κ3) is 6.08. The van der Waals surface area contributed by atoms with Crippen molar-refractivity contribution in [1.29, 1.82) is 0 Å². The number of hydrogen-bond donors (Lipinski definition) is 1. The fourth-order valence-corrected chi connectivity index (χ4v) is 2.80. The summed E-state index contributed by atoms with van der Waals surface area (Å²) in [6.07, 6.45) is -3.57. The van der Waals surface area contributed by atoms with Crippen LogP contribution in [0.15, 0.2) is 4.47 Å². The molecule has 0 aliphatic heterocycles. The van der Waals surface area contributed by atoms with E-state index in [1.165, 1.54) is 11.6 Å². The number of amides is 1. The summed E-state index contributed by atoms with van der Waals surface area (Å²) in [5.74, 6) is -0.186. The van der Waals surface area contributed by atoms with Crippen molar-refractivity contribution < 1.29 is 18.0 Å². The van der Waals surface area contributed by atoms with Gasteiger partial charge in [0.2, 0.25) is 5.91 Å². The molecule has 1 amide bonds. The molecule has 0 saturated heterocycles. The highest BCUT2D eigenvalue weighted by Crippen LogP contribution is 2.35. The Morgan fingerprint density at radius 1 is 1.33 bits per heavy atom. The van der Waals surface area contributed by atoms with Crippen LogP contribution in [0.5, 0.6) is 0 Å². The van der Waals surface area contributed by atoms with Crippen LogP contribution in [0.3, 0.4) is 0 Å². The molecule has 1 aromatic rings. The molecular formula is C15H24BrF3N4O. The van der Waals surface area contributed by atoms with Crippen LogP contribution in [0.4, 0.5) is 13.2 Å². The van der Waals surface area contributed by atoms with Gasteiger partial charge in [0.1, 0.15) is 0 Å². The van der Waals surface area contributed by atoms with Crippen LogP contribution in [-0.2, 0) is 17.5 Å². The standard InChI is InChI=1S/C15H24BrF3N4O/c1-4-22(5-2)9-6-8-20-12(24)7-10-23-11(3)13(16)14(21-23)15(17,18)19/h4-10H2,1-3H3,(H,20,24). The Bertz CT molecular complexity index is 542. The summed E-state index contributed by atoms with van der Waals surface area (Å²) in [5.41, 5.74) is -0.601. The average molecular weight is 413 g/mol. The van der Waals surface area contributed by atoms with Gasteiger partial charge in [-0.1, -0.05) is 13.8 Å². The molecule has 0 aliphatic rings. The highest BCUT2D eigenvalue weighted by molar-refractivity contribution is 9.10. The number of carbonyl (C=O) groups excluding carboxylic acids is 1. The van der Waals surface area contributed by atoms with Crippen molar-refractivity contribution in [3.8, 4) is 0 Å². The molecule has 0 atom stereocenters. The highest BCUT2D eigenvalue weighted by atomic mass is 79.9. The van der Waals surface area contributed by atoms with E-state index in [0.717, 1.165) is 26.1 Å². The van der Waals surface area contributed by atoms with Gasteiger partial charge >= 0.3 is 6.18 Å². The number of rotatable bonds is 9. The Hall–Kier alpha value is -1.09. The number of carbonyl (C=O) groups is 1. The first-order chi connectivity index (χ1) is 11.2. The smallest absolute Gasteiger partial charge is 0.356 e. The van der Waals surface area contributed by atoms with Gasteiger partial charge in [-0.3, -0.25) is 9.48 Å². The quantitative estimate of drug-likeness (QED) is 0.633. The second kappa shape index (κ2) is 9.41. The summed E-state index contributed by atoms with van der Waals surface area (Å²) < 4.78 is 39.5. The van der Waals surface area contributed by atoms with E-state index in [-0.39, 0.29) is 23.3 Å². The van der Waals surface area contributed by atoms with Crippen LogP contribution in [0, 0.1) is 6.92 Å². The van der Waals surface area contributed by atoms with E-state index in [4.69, 9.17) is 0 Å². The Morgan fingerprint density at radius 2 is 1.96 bits per heavy atom. The zero-order valence-electron chi connectivity index (χ0n) is 14.2. The molecule has 9 heteroatoms. The predicted molar refractivity (Wildman–Crippen MR) is 89.7 cm³/mol. The first kappa shape index (κ1) is 21.0. The molecule has 5 nitrogen and oxygen atoms in total. The number of alkyl halides is 3. The number of nitrogens with zero attached hydrogens (tertiary/aromatic N) is 3. The number of nitrogens with one attached hydrogen (secondary N) is 1. The summed E-state index contributed by atoms with van der Waals surface area (Å²) in [7, 11) is 0. The first-order valence-corrected chi connectivity index (χ1v) is 8.79. The van der Waals surface area contributed by atoms with Crippen LogP contribution in [-0.4, -0.2) is 46.8 Å². The molecule has 1 aromatic heterocycles. The fourth-order valence-electron chi connectivity index (χ4n) is 2.29. The molecule has 1 N–H and O–H groups in total. The third-order valence-corrected chi connectivity index (χ3v) is 4.77. The zero-order chi connectivity index (χ0) is 18.3. The van der Waals surface area contributed by atoms with Gasteiger partial charge in [0.05, 0.1) is 16.7 Å². The molecule has 0 aromatic carbocycles. The van der Waals surface area contributed by atoms with E-state index in [9.17, 15) is 18.0 Å². The minimum absolute atomic E-state index is 0.0744. The Labute approximate surface area is 148 Å². The van der Waals surface area contributed by atoms with Crippen LogP contribution in [0.25, 0.3) is 0 Å². The molecule has 138 valence electrons. The Kier molecular flexibility index (Phi) is 8.21. The van der Waals surface area contributed by atoms with Gasteiger partial charge in [0.15, 0.2) is 5.69 Å². The maximum Gasteiger partial charge on any atom is 0.436 e. The lowest BCUT2D eigenvalue weighted by Gasteiger charge is -2.17. The molecule has 0 unspecified atom stereocenters. The fraction of sp³-hybridized carbons (Fsp3) is 0.733. The summed E-state index contributed by atoms with van der Waals surface area (Å²) in [4.78, 5) is 14.1. The number of halogens is 4. The number of hydrogen-bond acceptors (Lipinski definition) is 3. The Balaban J connectivity index is 2.43. The van der Waals surface area contributed by atoms with E-state index in [1.807, 2.05) is 0 Å². The van der Waals surface area contributed by atoms with Crippen LogP contribution < -0.4 is 5.32 Å². The van der Waals surface area contributed by atoms with Crippen molar-refractivity contribution in [1.82, 2.24) is 20.0 Å². The second-order valence-corrected chi connectivity index (χ2v) is 6.24. The molecule has 0 spiro atoms. The van der Waals surface area contributed by atoms with Crippen LogP contribution in [0.2, 0.25) is 0 Å². The van der Waals surface area contributed by atoms with Crippen molar-refractivity contribution in [2.24, 2.45) is 0 Å². The van der Waals surface area contributed by atoms with Crippen molar-refractivity contribution >= 4 is 21.8 Å². The lowest BCUT2D eigenvalue weighted by atomic mass is 10.3. The molecule has 0 aliphatic carbocycles. The molecule has 1 heterocycles. The molecule has 0 saturated carbocycles. The van der Waals surface area contributed by atoms with Crippen LogP contribution in [0.1, 0.15) is 38.1 Å². The largest absolute Gasteiger partial charge is 0.436 e. The van der Waals surface area contributed by atoms with Crippen molar-refractivity contribution in [3.05, 3.63) is 15.9 Å². The van der Waals surface area contributed by atoms with Gasteiger partial charge in [0.25, 0.3) is 0 Å². The lowest BCUT2D eigenvalue weighted by Crippen LogP contribution is -2.30. The Morgan fingerprint density at radius 3 is 2.46 bits per heavy atom. The lowest BCUT2D eigenvalue weighted by molar-refractivity contribution is -0.142. The molecule has 0 bridgehead atoms. The summed E-state index contributed by atoms with van der Waals surface area (Å²) in [6.45, 7) is 9.23. The normalized spacial score (nSPS) is 12.0. The van der Waals surface area contributed by atoms with Crippen molar-refractivity contribution in [3.63, 3.8) is 0 Å². The predicted octanol–water partition coefficient (Wildman–Crippen LogP) is 3.21. The van der Waals surface area contributed by atoms with Crippen molar-refractivity contribution in [2.75, 3.05) is 26.2 Å². The van der Waals surface area contributed by atoms with E-state index in [2.05, 4.69) is 45.1 Å². The minimum Gasteiger partial charge on any atom is -0.356 e. The zero-order valence-corrected chi connectivity index (χ0v) is 15.8. The van der Waals surface area contributed by atoms with E-state index in [1.54, 1.807) is 0 Å². The van der Waals surface area contributed by atoms with Gasteiger partial charge in [-0.15, -0.1) is 0 Å². The first-order valence-electron chi connectivity index (χ1n) is 7.99. The van der Waals surface area contributed by atoms with Crippen LogP contribution >= 0.6 is 15.9 Å². The third-order valence-electron chi connectivity index (χ3n) is 3.82. The van der Waals surface area contributed by atoms with E-state index in [0.29, 0.717) is 12.2 Å². The average Bonchev–Trinajstić information content (AvgIpc) is 2.81. The monoisotopic (exact) mass is 412 g/mol. The second-order valence-electron chi connectivity index (χ2n) is 5.45. The molecular weight excluding hydrogens is 389 g/mol. The summed E-state index contributed by atoms with van der Waals surface area (Å²) >= 11 is 2.91. The molecule has 0 fully saturated rings. The highest BCUT2D eigenvalue weighted by Gasteiger charge is 2.37. The minimum atomic E-state index is -4.51. The SMILES string of the molecule is CCN(CC)CCCNC(=O)CCn1nc(C(F)(F)F)c(Br)c1C. The summed E-state index contributed by atoms with van der Waals surface area (Å²) in [6, 6.07) is 0. The maximum atomic E-state index is 12.8. The van der Waals surface area contributed by atoms with Gasteiger partial charge in [0, 0.05) is 13.0 Å². The topological polar surface area (TPSA) is 50.2 Å². The molecule has 1 rings (SSSR count). The van der Waals surface area contributed by atoms with E-state index < -0.39 is 11.9 Å².